The van der Waals surface area contributed by atoms with Crippen molar-refractivity contribution in [3.63, 3.8) is 0 Å². The summed E-state index contributed by atoms with van der Waals surface area (Å²) in [6, 6.07) is 23.3. The zero-order valence-electron chi connectivity index (χ0n) is 16.3. The van der Waals surface area contributed by atoms with Gasteiger partial charge in [-0.15, -0.1) is 0 Å². The average molecular weight is 426 g/mol. The minimum absolute atomic E-state index is 0.0972. The molecule has 0 aliphatic rings. The van der Waals surface area contributed by atoms with Gasteiger partial charge in [-0.1, -0.05) is 60.7 Å². The Bertz CT molecular complexity index is 1060. The first kappa shape index (κ1) is 21.5. The Morgan fingerprint density at radius 3 is 2.03 bits per heavy atom. The van der Waals surface area contributed by atoms with E-state index in [9.17, 15) is 13.2 Å². The number of amides is 1. The fraction of sp³-hybridized carbons (Fsp3) is 0.136. The van der Waals surface area contributed by atoms with Crippen molar-refractivity contribution >= 4 is 21.6 Å². The number of nitrogens with one attached hydrogen (secondary N) is 1. The maximum atomic E-state index is 12.4. The predicted molar refractivity (Wildman–Crippen MR) is 114 cm³/mol. The second kappa shape index (κ2) is 9.53. The zero-order chi connectivity index (χ0) is 21.6. The number of nitrogens with two attached hydrogens (primary N) is 1. The largest absolute Gasteiger partial charge is 0.495 e. The van der Waals surface area contributed by atoms with E-state index in [0.29, 0.717) is 0 Å². The summed E-state index contributed by atoms with van der Waals surface area (Å²) >= 11 is 0. The highest BCUT2D eigenvalue weighted by molar-refractivity contribution is 7.89. The minimum atomic E-state index is -4.01. The van der Waals surface area contributed by atoms with E-state index in [2.05, 4.69) is 5.32 Å². The predicted octanol–water partition coefficient (Wildman–Crippen LogP) is 3.09. The molecule has 8 heteroatoms. The molecule has 0 atom stereocenters. The summed E-state index contributed by atoms with van der Waals surface area (Å²) in [7, 11) is -2.67. The first-order valence-electron chi connectivity index (χ1n) is 9.10. The Labute approximate surface area is 175 Å². The topological polar surface area (TPSA) is 108 Å². The van der Waals surface area contributed by atoms with Crippen LogP contribution in [0.2, 0.25) is 0 Å². The molecule has 3 N–H and O–H groups in total. The van der Waals surface area contributed by atoms with E-state index in [1.165, 1.54) is 25.3 Å². The molecule has 3 rings (SSSR count). The highest BCUT2D eigenvalue weighted by atomic mass is 32.2. The lowest BCUT2D eigenvalue weighted by atomic mass is 10.0. The van der Waals surface area contributed by atoms with Gasteiger partial charge in [0.25, 0.3) is 0 Å². The molecule has 0 heterocycles. The Hall–Kier alpha value is -3.20. The van der Waals surface area contributed by atoms with Crippen LogP contribution in [-0.4, -0.2) is 28.0 Å². The Balaban J connectivity index is 1.74. The number of carbonyl (C=O) groups is 1. The molecule has 0 radical (unpaired) electrons. The van der Waals surface area contributed by atoms with Crippen molar-refractivity contribution in [2.75, 3.05) is 19.0 Å². The molecule has 0 aliphatic heterocycles. The molecule has 0 aliphatic carbocycles. The van der Waals surface area contributed by atoms with E-state index in [1.807, 2.05) is 60.7 Å². The molecule has 0 unspecified atom stereocenters. The van der Waals surface area contributed by atoms with Crippen LogP contribution in [-0.2, 0) is 19.6 Å². The molecule has 7 nitrogen and oxygen atoms in total. The molecule has 0 spiro atoms. The zero-order valence-corrected chi connectivity index (χ0v) is 17.1. The average Bonchev–Trinajstić information content (AvgIpc) is 2.75. The maximum absolute atomic E-state index is 12.4. The fourth-order valence-electron chi connectivity index (χ4n) is 2.97. The van der Waals surface area contributed by atoms with Gasteiger partial charge < -0.3 is 14.8 Å². The maximum Gasteiger partial charge on any atom is 0.250 e. The SMILES string of the molecule is COc1ccc(NC(=O)COC(c2ccccc2)c2ccccc2)cc1S(N)(=O)=O. The van der Waals surface area contributed by atoms with Gasteiger partial charge in [-0.25, -0.2) is 13.6 Å². The van der Waals surface area contributed by atoms with Crippen molar-refractivity contribution in [2.45, 2.75) is 11.0 Å². The molecule has 30 heavy (non-hydrogen) atoms. The third-order valence-electron chi connectivity index (χ3n) is 4.34. The number of carbonyl (C=O) groups excluding carboxylic acids is 1. The number of hydrogen-bond acceptors (Lipinski definition) is 5. The smallest absolute Gasteiger partial charge is 0.250 e. The summed E-state index contributed by atoms with van der Waals surface area (Å²) in [5.41, 5.74) is 2.10. The van der Waals surface area contributed by atoms with E-state index >= 15 is 0 Å². The van der Waals surface area contributed by atoms with Gasteiger partial charge >= 0.3 is 0 Å². The lowest BCUT2D eigenvalue weighted by Crippen LogP contribution is -2.21. The lowest BCUT2D eigenvalue weighted by Gasteiger charge is -2.19. The van der Waals surface area contributed by atoms with Crippen LogP contribution in [0.3, 0.4) is 0 Å². The second-order valence-corrected chi connectivity index (χ2v) is 8.00. The van der Waals surface area contributed by atoms with Gasteiger partial charge in [0.1, 0.15) is 23.4 Å². The van der Waals surface area contributed by atoms with Gasteiger partial charge in [0.05, 0.1) is 7.11 Å². The Kier molecular flexibility index (Phi) is 6.83. The van der Waals surface area contributed by atoms with Crippen molar-refractivity contribution in [3.8, 4) is 5.75 Å². The molecule has 0 aromatic heterocycles. The van der Waals surface area contributed by atoms with Gasteiger partial charge in [0, 0.05) is 5.69 Å². The molecular formula is C22H22N2O5S. The summed E-state index contributed by atoms with van der Waals surface area (Å²) in [4.78, 5) is 12.2. The van der Waals surface area contributed by atoms with Gasteiger partial charge in [-0.3, -0.25) is 4.79 Å². The molecule has 156 valence electrons. The number of anilines is 1. The summed E-state index contributed by atoms with van der Waals surface area (Å²) in [6.07, 6.45) is -0.422. The number of benzene rings is 3. The van der Waals surface area contributed by atoms with E-state index in [-0.39, 0.29) is 22.9 Å². The van der Waals surface area contributed by atoms with Gasteiger partial charge in [-0.05, 0) is 29.3 Å². The minimum Gasteiger partial charge on any atom is -0.495 e. The van der Waals surface area contributed by atoms with Crippen LogP contribution >= 0.6 is 0 Å². The van der Waals surface area contributed by atoms with Crippen molar-refractivity contribution in [1.82, 2.24) is 0 Å². The standard InChI is InChI=1S/C22H22N2O5S/c1-28-19-13-12-18(14-20(19)30(23,26)27)24-21(25)15-29-22(16-8-4-2-5-9-16)17-10-6-3-7-11-17/h2-14,22H,15H2,1H3,(H,24,25)(H2,23,26,27). The van der Waals surface area contributed by atoms with E-state index < -0.39 is 22.0 Å². The van der Waals surface area contributed by atoms with Crippen LogP contribution in [0.5, 0.6) is 5.75 Å². The molecule has 0 fully saturated rings. The number of ether oxygens (including phenoxy) is 2. The van der Waals surface area contributed by atoms with Crippen molar-refractivity contribution in [1.29, 1.82) is 0 Å². The normalized spacial score (nSPS) is 11.3. The van der Waals surface area contributed by atoms with E-state index in [1.54, 1.807) is 0 Å². The van der Waals surface area contributed by atoms with Gasteiger partial charge in [-0.2, -0.15) is 0 Å². The highest BCUT2D eigenvalue weighted by Gasteiger charge is 2.18. The molecule has 3 aromatic rings. The van der Waals surface area contributed by atoms with Crippen LogP contribution in [0.4, 0.5) is 5.69 Å². The lowest BCUT2D eigenvalue weighted by molar-refractivity contribution is -0.121. The van der Waals surface area contributed by atoms with Crippen molar-refractivity contribution in [3.05, 3.63) is 90.0 Å². The Morgan fingerprint density at radius 2 is 1.53 bits per heavy atom. The quantitative estimate of drug-likeness (QED) is 0.576. The molecule has 0 bridgehead atoms. The third kappa shape index (κ3) is 5.44. The van der Waals surface area contributed by atoms with E-state index in [0.717, 1.165) is 11.1 Å². The first-order chi connectivity index (χ1) is 14.4. The van der Waals surface area contributed by atoms with Gasteiger partial charge in [0.2, 0.25) is 15.9 Å². The molecule has 0 saturated carbocycles. The number of rotatable bonds is 8. The molecule has 3 aromatic carbocycles. The van der Waals surface area contributed by atoms with Gasteiger partial charge in [0.15, 0.2) is 0 Å². The first-order valence-corrected chi connectivity index (χ1v) is 10.7. The number of hydrogen-bond donors (Lipinski definition) is 2. The number of methoxy groups -OCH3 is 1. The van der Waals surface area contributed by atoms with Crippen molar-refractivity contribution < 1.29 is 22.7 Å². The third-order valence-corrected chi connectivity index (χ3v) is 5.27. The Morgan fingerprint density at radius 1 is 0.967 bits per heavy atom. The second-order valence-electron chi connectivity index (χ2n) is 6.47. The van der Waals surface area contributed by atoms with Crippen LogP contribution < -0.4 is 15.2 Å². The van der Waals surface area contributed by atoms with E-state index in [4.69, 9.17) is 14.6 Å². The van der Waals surface area contributed by atoms with Crippen LogP contribution in [0, 0.1) is 0 Å². The monoisotopic (exact) mass is 426 g/mol. The number of primary sulfonamides is 1. The van der Waals surface area contributed by atoms with Crippen molar-refractivity contribution in [2.24, 2.45) is 5.14 Å². The van der Waals surface area contributed by atoms with Crippen LogP contribution in [0.1, 0.15) is 17.2 Å². The molecule has 1 amide bonds. The van der Waals surface area contributed by atoms with Crippen LogP contribution in [0.15, 0.2) is 83.8 Å². The summed E-state index contributed by atoms with van der Waals surface area (Å²) < 4.78 is 34.4. The fourth-order valence-corrected chi connectivity index (χ4v) is 3.70. The summed E-state index contributed by atoms with van der Waals surface area (Å²) in [5, 5.41) is 7.84. The van der Waals surface area contributed by atoms with Crippen LogP contribution in [0.25, 0.3) is 0 Å². The number of sulfonamides is 1. The summed E-state index contributed by atoms with van der Waals surface area (Å²) in [5.74, 6) is -0.336. The molecular weight excluding hydrogens is 404 g/mol. The molecule has 0 saturated heterocycles. The highest BCUT2D eigenvalue weighted by Crippen LogP contribution is 2.27. The summed E-state index contributed by atoms with van der Waals surface area (Å²) in [6.45, 7) is -0.231.